The number of nitriles is 1. The van der Waals surface area contributed by atoms with E-state index in [1.54, 1.807) is 6.20 Å². The SMILES string of the molecule is N#Cc1ccc(S(=O)(=O)NCCc2nccs2)cn1. The molecule has 2 aromatic heterocycles. The van der Waals surface area contributed by atoms with Gasteiger partial charge in [-0.05, 0) is 12.1 Å². The van der Waals surface area contributed by atoms with Crippen LogP contribution in [0.5, 0.6) is 0 Å². The minimum Gasteiger partial charge on any atom is -0.250 e. The third-order valence-corrected chi connectivity index (χ3v) is 4.56. The molecule has 0 aliphatic carbocycles. The van der Waals surface area contributed by atoms with E-state index in [9.17, 15) is 8.42 Å². The zero-order valence-corrected chi connectivity index (χ0v) is 11.4. The second-order valence-corrected chi connectivity index (χ2v) is 6.31. The van der Waals surface area contributed by atoms with E-state index in [1.165, 1.54) is 29.7 Å². The molecule has 0 atom stereocenters. The third-order valence-electron chi connectivity index (χ3n) is 2.28. The van der Waals surface area contributed by atoms with E-state index in [0.29, 0.717) is 6.42 Å². The summed E-state index contributed by atoms with van der Waals surface area (Å²) >= 11 is 1.48. The third kappa shape index (κ3) is 3.57. The van der Waals surface area contributed by atoms with Gasteiger partial charge in [-0.3, -0.25) is 0 Å². The molecular weight excluding hydrogens is 284 g/mol. The van der Waals surface area contributed by atoms with E-state index in [1.807, 2.05) is 11.4 Å². The molecule has 98 valence electrons. The molecule has 8 heteroatoms. The highest BCUT2D eigenvalue weighted by molar-refractivity contribution is 7.89. The van der Waals surface area contributed by atoms with Gasteiger partial charge in [-0.15, -0.1) is 11.3 Å². The highest BCUT2D eigenvalue weighted by Crippen LogP contribution is 2.08. The molecule has 0 amide bonds. The number of sulfonamides is 1. The van der Waals surface area contributed by atoms with Crippen molar-refractivity contribution in [3.8, 4) is 6.07 Å². The van der Waals surface area contributed by atoms with Crippen molar-refractivity contribution in [2.45, 2.75) is 11.3 Å². The quantitative estimate of drug-likeness (QED) is 0.885. The van der Waals surface area contributed by atoms with Crippen molar-refractivity contribution in [3.63, 3.8) is 0 Å². The van der Waals surface area contributed by atoms with Crippen LogP contribution < -0.4 is 4.72 Å². The van der Waals surface area contributed by atoms with E-state index in [2.05, 4.69) is 14.7 Å². The maximum absolute atomic E-state index is 11.9. The van der Waals surface area contributed by atoms with Crippen LogP contribution in [0, 0.1) is 11.3 Å². The van der Waals surface area contributed by atoms with Crippen LogP contribution >= 0.6 is 11.3 Å². The minimum atomic E-state index is -3.58. The van der Waals surface area contributed by atoms with Gasteiger partial charge < -0.3 is 0 Å². The molecule has 6 nitrogen and oxygen atoms in total. The molecule has 0 fully saturated rings. The van der Waals surface area contributed by atoms with Gasteiger partial charge in [0.05, 0.1) is 5.01 Å². The lowest BCUT2D eigenvalue weighted by atomic mass is 10.4. The van der Waals surface area contributed by atoms with Crippen LogP contribution in [0.15, 0.2) is 34.8 Å². The van der Waals surface area contributed by atoms with Crippen LogP contribution in [0.3, 0.4) is 0 Å². The lowest BCUT2D eigenvalue weighted by Crippen LogP contribution is -2.26. The van der Waals surface area contributed by atoms with Crippen LogP contribution in [0.4, 0.5) is 0 Å². The number of rotatable bonds is 5. The average Bonchev–Trinajstić information content (AvgIpc) is 2.92. The second-order valence-electron chi connectivity index (χ2n) is 3.56. The zero-order chi connectivity index (χ0) is 13.7. The molecule has 2 heterocycles. The molecule has 0 saturated heterocycles. The first-order valence-corrected chi connectivity index (χ1v) is 7.72. The predicted octanol–water partition coefficient (Wildman–Crippen LogP) is 0.931. The highest BCUT2D eigenvalue weighted by atomic mass is 32.2. The summed E-state index contributed by atoms with van der Waals surface area (Å²) in [7, 11) is -3.58. The van der Waals surface area contributed by atoms with E-state index >= 15 is 0 Å². The summed E-state index contributed by atoms with van der Waals surface area (Å²) in [6.07, 6.45) is 3.39. The van der Waals surface area contributed by atoms with Crippen molar-refractivity contribution < 1.29 is 8.42 Å². The second kappa shape index (κ2) is 5.88. The smallest absolute Gasteiger partial charge is 0.242 e. The normalized spacial score (nSPS) is 11.1. The molecule has 0 radical (unpaired) electrons. The van der Waals surface area contributed by atoms with Gasteiger partial charge >= 0.3 is 0 Å². The summed E-state index contributed by atoms with van der Waals surface area (Å²) in [5.41, 5.74) is 0.182. The van der Waals surface area contributed by atoms with Crippen LogP contribution in [-0.2, 0) is 16.4 Å². The van der Waals surface area contributed by atoms with Gasteiger partial charge in [0, 0.05) is 30.7 Å². The maximum Gasteiger partial charge on any atom is 0.242 e. The van der Waals surface area contributed by atoms with Gasteiger partial charge in [-0.1, -0.05) is 0 Å². The molecule has 1 N–H and O–H groups in total. The van der Waals surface area contributed by atoms with Crippen molar-refractivity contribution in [1.29, 1.82) is 5.26 Å². The molecule has 0 spiro atoms. The fraction of sp³-hybridized carbons (Fsp3) is 0.182. The Morgan fingerprint density at radius 1 is 1.37 bits per heavy atom. The summed E-state index contributed by atoms with van der Waals surface area (Å²) < 4.78 is 26.3. The summed E-state index contributed by atoms with van der Waals surface area (Å²) in [6.45, 7) is 0.274. The Bertz CT molecular complexity index is 672. The van der Waals surface area contributed by atoms with Gasteiger partial charge in [-0.25, -0.2) is 23.1 Å². The number of nitrogens with one attached hydrogen (secondary N) is 1. The molecule has 0 aliphatic heterocycles. The van der Waals surface area contributed by atoms with Crippen LogP contribution in [0.2, 0.25) is 0 Å². The van der Waals surface area contributed by atoms with E-state index in [-0.39, 0.29) is 17.1 Å². The van der Waals surface area contributed by atoms with Gasteiger partial charge in [0.15, 0.2) is 0 Å². The topological polar surface area (TPSA) is 95.7 Å². The highest BCUT2D eigenvalue weighted by Gasteiger charge is 2.14. The lowest BCUT2D eigenvalue weighted by Gasteiger charge is -2.05. The summed E-state index contributed by atoms with van der Waals surface area (Å²) in [5, 5.41) is 11.3. The van der Waals surface area contributed by atoms with Crippen LogP contribution in [0.25, 0.3) is 0 Å². The van der Waals surface area contributed by atoms with E-state index in [4.69, 9.17) is 5.26 Å². The predicted molar refractivity (Wildman–Crippen MR) is 70.0 cm³/mol. The van der Waals surface area contributed by atoms with Crippen LogP contribution in [0.1, 0.15) is 10.7 Å². The first-order valence-electron chi connectivity index (χ1n) is 5.36. The Balaban J connectivity index is 1.99. The summed E-state index contributed by atoms with van der Waals surface area (Å²) in [5.74, 6) is 0. The Hall–Kier alpha value is -1.82. The molecule has 0 unspecified atom stereocenters. The number of thiazole rings is 1. The Morgan fingerprint density at radius 3 is 2.79 bits per heavy atom. The number of hydrogen-bond donors (Lipinski definition) is 1. The fourth-order valence-electron chi connectivity index (χ4n) is 1.36. The van der Waals surface area contributed by atoms with Gasteiger partial charge in [0.1, 0.15) is 16.7 Å². The van der Waals surface area contributed by atoms with Crippen molar-refractivity contribution in [1.82, 2.24) is 14.7 Å². The first kappa shape index (κ1) is 13.6. The van der Waals surface area contributed by atoms with Crippen molar-refractivity contribution in [2.75, 3.05) is 6.54 Å². The molecular formula is C11H10N4O2S2. The van der Waals surface area contributed by atoms with E-state index in [0.717, 1.165) is 5.01 Å². The molecule has 0 bridgehead atoms. The molecule has 19 heavy (non-hydrogen) atoms. The van der Waals surface area contributed by atoms with Crippen molar-refractivity contribution in [2.24, 2.45) is 0 Å². The summed E-state index contributed by atoms with van der Waals surface area (Å²) in [4.78, 5) is 7.84. The number of hydrogen-bond acceptors (Lipinski definition) is 6. The van der Waals surface area contributed by atoms with E-state index < -0.39 is 10.0 Å². The first-order chi connectivity index (χ1) is 9.12. The monoisotopic (exact) mass is 294 g/mol. The molecule has 0 aliphatic rings. The minimum absolute atomic E-state index is 0.0469. The standard InChI is InChI=1S/C11H10N4O2S2/c12-7-9-1-2-10(8-14-9)19(16,17)15-4-3-11-13-5-6-18-11/h1-2,5-6,8,15H,3-4H2. The molecule has 2 rings (SSSR count). The fourth-order valence-corrected chi connectivity index (χ4v) is 2.95. The van der Waals surface area contributed by atoms with Crippen LogP contribution in [-0.4, -0.2) is 24.9 Å². The molecule has 0 aromatic carbocycles. The summed E-state index contributed by atoms with van der Waals surface area (Å²) in [6, 6.07) is 4.56. The molecule has 0 saturated carbocycles. The number of aromatic nitrogens is 2. The van der Waals surface area contributed by atoms with Gasteiger partial charge in [0.2, 0.25) is 10.0 Å². The van der Waals surface area contributed by atoms with Crippen molar-refractivity contribution >= 4 is 21.4 Å². The number of nitrogens with zero attached hydrogens (tertiary/aromatic N) is 3. The average molecular weight is 294 g/mol. The van der Waals surface area contributed by atoms with Gasteiger partial charge in [0.25, 0.3) is 0 Å². The Morgan fingerprint density at radius 2 is 2.21 bits per heavy atom. The molecule has 2 aromatic rings. The number of pyridine rings is 1. The van der Waals surface area contributed by atoms with Crippen molar-refractivity contribution in [3.05, 3.63) is 40.6 Å². The lowest BCUT2D eigenvalue weighted by molar-refractivity contribution is 0.581. The largest absolute Gasteiger partial charge is 0.250 e. The Kier molecular flexibility index (Phi) is 4.21. The van der Waals surface area contributed by atoms with Gasteiger partial charge in [-0.2, -0.15) is 5.26 Å². The Labute approximate surface area is 114 Å². The maximum atomic E-state index is 11.9. The zero-order valence-electron chi connectivity index (χ0n) is 9.78.